The lowest BCUT2D eigenvalue weighted by Gasteiger charge is -2.40. The van der Waals surface area contributed by atoms with Gasteiger partial charge in [-0.1, -0.05) is 12.2 Å². The summed E-state index contributed by atoms with van der Waals surface area (Å²) >= 11 is 0. The Kier molecular flexibility index (Phi) is 2.38. The van der Waals surface area contributed by atoms with Crippen LogP contribution in [-0.4, -0.2) is 11.4 Å². The minimum absolute atomic E-state index is 0.0546. The molecule has 0 aromatic carbocycles. The molecule has 2 aliphatic carbocycles. The molecule has 0 spiro atoms. The number of hydrogen-bond acceptors (Lipinski definition) is 1. The lowest BCUT2D eigenvalue weighted by Crippen LogP contribution is -2.49. The molecule has 2 aliphatic rings. The van der Waals surface area contributed by atoms with Crippen LogP contribution in [0.1, 0.15) is 39.5 Å². The van der Waals surface area contributed by atoms with E-state index in [2.05, 4.69) is 24.4 Å². The molecule has 0 aliphatic heterocycles. The Hall–Kier alpha value is -0.790. The summed E-state index contributed by atoms with van der Waals surface area (Å²) < 4.78 is 0. The molecule has 0 heterocycles. The van der Waals surface area contributed by atoms with Crippen LogP contribution in [0.3, 0.4) is 0 Å². The van der Waals surface area contributed by atoms with E-state index in [9.17, 15) is 4.79 Å². The molecular formula is C12H19NO. The first-order valence-electron chi connectivity index (χ1n) is 5.54. The maximum Gasteiger partial charge on any atom is 0.217 e. The summed E-state index contributed by atoms with van der Waals surface area (Å²) in [6, 6.07) is 0. The fraction of sp³-hybridized carbons (Fsp3) is 0.750. The Morgan fingerprint density at radius 2 is 2.36 bits per heavy atom. The van der Waals surface area contributed by atoms with Crippen LogP contribution in [0.5, 0.6) is 0 Å². The van der Waals surface area contributed by atoms with Crippen molar-refractivity contribution in [3.05, 3.63) is 12.2 Å². The van der Waals surface area contributed by atoms with E-state index < -0.39 is 0 Å². The normalized spacial score (nSPS) is 40.7. The van der Waals surface area contributed by atoms with Crippen LogP contribution in [0.2, 0.25) is 0 Å². The fourth-order valence-electron chi connectivity index (χ4n) is 3.03. The summed E-state index contributed by atoms with van der Waals surface area (Å²) in [6.45, 7) is 3.80. The summed E-state index contributed by atoms with van der Waals surface area (Å²) in [5.41, 5.74) is 0.0546. The molecule has 3 atom stereocenters. The van der Waals surface area contributed by atoms with Gasteiger partial charge in [0, 0.05) is 12.5 Å². The molecule has 2 heteroatoms. The highest BCUT2D eigenvalue weighted by atomic mass is 16.1. The molecule has 1 saturated carbocycles. The van der Waals surface area contributed by atoms with E-state index in [0.29, 0.717) is 0 Å². The van der Waals surface area contributed by atoms with Crippen molar-refractivity contribution in [2.45, 2.75) is 45.1 Å². The van der Waals surface area contributed by atoms with Crippen molar-refractivity contribution in [3.63, 3.8) is 0 Å². The van der Waals surface area contributed by atoms with Gasteiger partial charge in [-0.25, -0.2) is 0 Å². The van der Waals surface area contributed by atoms with E-state index in [1.165, 1.54) is 12.8 Å². The molecule has 1 amide bonds. The van der Waals surface area contributed by atoms with Gasteiger partial charge in [0.25, 0.3) is 0 Å². The molecule has 0 aromatic heterocycles. The van der Waals surface area contributed by atoms with Crippen molar-refractivity contribution in [3.8, 4) is 0 Å². The molecule has 2 nitrogen and oxygen atoms in total. The van der Waals surface area contributed by atoms with Crippen molar-refractivity contribution >= 4 is 5.91 Å². The van der Waals surface area contributed by atoms with Gasteiger partial charge in [-0.2, -0.15) is 0 Å². The fourth-order valence-corrected chi connectivity index (χ4v) is 3.03. The predicted molar refractivity (Wildman–Crippen MR) is 56.8 cm³/mol. The number of rotatable bonds is 1. The van der Waals surface area contributed by atoms with Crippen LogP contribution < -0.4 is 5.32 Å². The monoisotopic (exact) mass is 193 g/mol. The van der Waals surface area contributed by atoms with Gasteiger partial charge in [-0.15, -0.1) is 0 Å². The Morgan fingerprint density at radius 3 is 3.07 bits per heavy atom. The Bertz CT molecular complexity index is 271. The first kappa shape index (κ1) is 9.75. The van der Waals surface area contributed by atoms with E-state index >= 15 is 0 Å². The smallest absolute Gasteiger partial charge is 0.217 e. The second kappa shape index (κ2) is 3.41. The number of amides is 1. The molecule has 14 heavy (non-hydrogen) atoms. The second-order valence-corrected chi connectivity index (χ2v) is 5.07. The van der Waals surface area contributed by atoms with Gasteiger partial charge < -0.3 is 5.32 Å². The van der Waals surface area contributed by atoms with Crippen LogP contribution in [0.4, 0.5) is 0 Å². The van der Waals surface area contributed by atoms with Gasteiger partial charge in [0.05, 0.1) is 0 Å². The van der Waals surface area contributed by atoms with Gasteiger partial charge >= 0.3 is 0 Å². The van der Waals surface area contributed by atoms with Gasteiger partial charge in [-0.3, -0.25) is 4.79 Å². The standard InChI is InChI=1S/C12H19NO/c1-9(14)13-12(2)7-6-10-4-3-5-11(10)8-12/h3-4,10-11H,5-8H2,1-2H3,(H,13,14)/t10-,11+,12-/m1/s1. The Labute approximate surface area is 85.8 Å². The van der Waals surface area contributed by atoms with Crippen molar-refractivity contribution in [1.29, 1.82) is 0 Å². The molecule has 2 rings (SSSR count). The van der Waals surface area contributed by atoms with Crippen molar-refractivity contribution in [2.75, 3.05) is 0 Å². The van der Waals surface area contributed by atoms with Crippen molar-refractivity contribution in [2.24, 2.45) is 11.8 Å². The molecule has 0 saturated heterocycles. The average Bonchev–Trinajstić information content (AvgIpc) is 2.48. The van der Waals surface area contributed by atoms with Crippen LogP contribution in [-0.2, 0) is 4.79 Å². The van der Waals surface area contributed by atoms with E-state index in [-0.39, 0.29) is 11.4 Å². The van der Waals surface area contributed by atoms with Gasteiger partial charge in [0.15, 0.2) is 0 Å². The van der Waals surface area contributed by atoms with Crippen LogP contribution in [0, 0.1) is 11.8 Å². The summed E-state index contributed by atoms with van der Waals surface area (Å²) in [4.78, 5) is 11.1. The maximum atomic E-state index is 11.1. The van der Waals surface area contributed by atoms with Crippen molar-refractivity contribution in [1.82, 2.24) is 5.32 Å². The van der Waals surface area contributed by atoms with Crippen LogP contribution in [0.15, 0.2) is 12.2 Å². The average molecular weight is 193 g/mol. The quantitative estimate of drug-likeness (QED) is 0.636. The number of fused-ring (bicyclic) bond motifs is 1. The first-order chi connectivity index (χ1) is 6.59. The highest BCUT2D eigenvalue weighted by molar-refractivity contribution is 5.73. The summed E-state index contributed by atoms with van der Waals surface area (Å²) in [5, 5.41) is 3.10. The highest BCUT2D eigenvalue weighted by Crippen LogP contribution is 2.42. The topological polar surface area (TPSA) is 29.1 Å². The van der Waals surface area contributed by atoms with Crippen LogP contribution in [0.25, 0.3) is 0 Å². The SMILES string of the molecule is CC(=O)N[C@]1(C)CC[C@H]2C=CC[C@H]2C1. The van der Waals surface area contributed by atoms with Crippen molar-refractivity contribution < 1.29 is 4.79 Å². The number of nitrogens with one attached hydrogen (secondary N) is 1. The van der Waals surface area contributed by atoms with E-state index in [0.717, 1.165) is 24.7 Å². The summed E-state index contributed by atoms with van der Waals surface area (Å²) in [7, 11) is 0. The first-order valence-corrected chi connectivity index (χ1v) is 5.54. The maximum absolute atomic E-state index is 11.1. The third-order valence-electron chi connectivity index (χ3n) is 3.65. The molecule has 1 N–H and O–H groups in total. The number of carbonyl (C=O) groups is 1. The molecule has 0 bridgehead atoms. The number of allylic oxidation sites excluding steroid dienone is 2. The zero-order valence-corrected chi connectivity index (χ0v) is 9.05. The second-order valence-electron chi connectivity index (χ2n) is 5.07. The molecule has 0 aromatic rings. The van der Waals surface area contributed by atoms with Gasteiger partial charge in [-0.05, 0) is 44.4 Å². The van der Waals surface area contributed by atoms with E-state index in [1.807, 2.05) is 0 Å². The molecule has 0 unspecified atom stereocenters. The molecular weight excluding hydrogens is 174 g/mol. The van der Waals surface area contributed by atoms with E-state index in [4.69, 9.17) is 0 Å². The zero-order valence-electron chi connectivity index (χ0n) is 9.05. The van der Waals surface area contributed by atoms with Crippen LogP contribution >= 0.6 is 0 Å². The number of hydrogen-bond donors (Lipinski definition) is 1. The van der Waals surface area contributed by atoms with Gasteiger partial charge in [0.2, 0.25) is 5.91 Å². The lowest BCUT2D eigenvalue weighted by atomic mass is 9.72. The van der Waals surface area contributed by atoms with Gasteiger partial charge in [0.1, 0.15) is 0 Å². The third-order valence-corrected chi connectivity index (χ3v) is 3.65. The minimum Gasteiger partial charge on any atom is -0.351 e. The zero-order chi connectivity index (χ0) is 10.2. The highest BCUT2D eigenvalue weighted by Gasteiger charge is 2.38. The predicted octanol–water partition coefficient (Wildman–Crippen LogP) is 2.26. The minimum atomic E-state index is 0.0546. The summed E-state index contributed by atoms with van der Waals surface area (Å²) in [5.74, 6) is 1.68. The largest absolute Gasteiger partial charge is 0.351 e. The Morgan fingerprint density at radius 1 is 1.57 bits per heavy atom. The Balaban J connectivity index is 2.00. The number of carbonyl (C=O) groups excluding carboxylic acids is 1. The molecule has 78 valence electrons. The van der Waals surface area contributed by atoms with E-state index in [1.54, 1.807) is 6.92 Å². The molecule has 1 fully saturated rings. The third kappa shape index (κ3) is 1.84. The summed E-state index contributed by atoms with van der Waals surface area (Å²) in [6.07, 6.45) is 9.37. The molecule has 0 radical (unpaired) electrons. The lowest BCUT2D eigenvalue weighted by molar-refractivity contribution is -0.121.